The van der Waals surface area contributed by atoms with Gasteiger partial charge in [0.1, 0.15) is 0 Å². The summed E-state index contributed by atoms with van der Waals surface area (Å²) in [7, 11) is 0. The Morgan fingerprint density at radius 3 is 2.30 bits per heavy atom. The lowest BCUT2D eigenvalue weighted by molar-refractivity contribution is -0.0892. The summed E-state index contributed by atoms with van der Waals surface area (Å²) in [5.41, 5.74) is -0.653. The minimum atomic E-state index is -4.28. The molecule has 0 fully saturated rings. The van der Waals surface area contributed by atoms with E-state index < -0.39 is 11.7 Å². The van der Waals surface area contributed by atoms with Crippen molar-refractivity contribution in [1.29, 1.82) is 0 Å². The molecule has 0 aromatic heterocycles. The number of halogens is 3. The Labute approximate surface area is 56.2 Å². The molecule has 0 amide bonds. The predicted octanol–water partition coefficient (Wildman–Crippen LogP) is 1.76. The van der Waals surface area contributed by atoms with Crippen LogP contribution in [-0.4, -0.2) is 6.18 Å². The Hall–Kier alpha value is -0.930. The van der Waals surface area contributed by atoms with Gasteiger partial charge in [0.25, 0.3) is 0 Å². The minimum Gasteiger partial charge on any atom is -0.254 e. The highest BCUT2D eigenvalue weighted by Crippen LogP contribution is 2.32. The van der Waals surface area contributed by atoms with E-state index in [-0.39, 0.29) is 5.57 Å². The van der Waals surface area contributed by atoms with E-state index in [1.54, 1.807) is 0 Å². The predicted molar refractivity (Wildman–Crippen MR) is 28.7 cm³/mol. The van der Waals surface area contributed by atoms with Crippen molar-refractivity contribution >= 4 is 0 Å². The molecule has 0 saturated heterocycles. The summed E-state index contributed by atoms with van der Waals surface area (Å²) >= 11 is 0. The quantitative estimate of drug-likeness (QED) is 0.495. The smallest absolute Gasteiger partial charge is 0.254 e. The van der Waals surface area contributed by atoms with Gasteiger partial charge in [0, 0.05) is 6.20 Å². The third-order valence-corrected chi connectivity index (χ3v) is 1.14. The maximum Gasteiger partial charge on any atom is 0.418 e. The molecule has 1 aliphatic rings. The first kappa shape index (κ1) is 7.18. The molecule has 0 aliphatic carbocycles. The van der Waals surface area contributed by atoms with Crippen LogP contribution in [0.2, 0.25) is 0 Å². The molecule has 54 valence electrons. The molecule has 2 radical (unpaired) electrons. The van der Waals surface area contributed by atoms with Crippen LogP contribution in [0.5, 0.6) is 0 Å². The third-order valence-electron chi connectivity index (χ3n) is 1.14. The van der Waals surface area contributed by atoms with Crippen molar-refractivity contribution in [2.75, 3.05) is 0 Å². The Balaban J connectivity index is 2.85. The van der Waals surface area contributed by atoms with Crippen LogP contribution in [-0.2, 0) is 0 Å². The number of hydrogen-bond acceptors (Lipinski definition) is 0. The second-order valence-corrected chi connectivity index (χ2v) is 1.91. The molecule has 0 atom stereocenters. The van der Waals surface area contributed by atoms with Crippen molar-refractivity contribution in [3.8, 4) is 0 Å². The lowest BCUT2D eigenvalue weighted by atomic mass is 10.1. The van der Waals surface area contributed by atoms with Crippen LogP contribution in [0.1, 0.15) is 6.92 Å². The molecule has 10 heavy (non-hydrogen) atoms. The van der Waals surface area contributed by atoms with Crippen LogP contribution in [0.15, 0.2) is 17.3 Å². The maximum atomic E-state index is 11.8. The largest absolute Gasteiger partial charge is 0.418 e. The first-order valence-electron chi connectivity index (χ1n) is 2.59. The summed E-state index contributed by atoms with van der Waals surface area (Å²) < 4.78 is 35.5. The van der Waals surface area contributed by atoms with Gasteiger partial charge in [-0.1, -0.05) is 0 Å². The monoisotopic (exact) mass is 147 g/mol. The van der Waals surface area contributed by atoms with Gasteiger partial charge < -0.3 is 0 Å². The van der Waals surface area contributed by atoms with Crippen molar-refractivity contribution in [1.82, 2.24) is 5.32 Å². The normalized spacial score (nSPS) is 18.0. The maximum absolute atomic E-state index is 11.8. The van der Waals surface area contributed by atoms with Crippen LogP contribution >= 0.6 is 0 Å². The van der Waals surface area contributed by atoms with E-state index in [2.05, 4.69) is 11.5 Å². The van der Waals surface area contributed by atoms with E-state index in [9.17, 15) is 13.2 Å². The molecule has 0 spiro atoms. The third kappa shape index (κ3) is 1.15. The molecule has 1 rings (SSSR count). The van der Waals surface area contributed by atoms with Gasteiger partial charge in [0.15, 0.2) is 0 Å². The van der Waals surface area contributed by atoms with Gasteiger partial charge in [-0.15, -0.1) is 0 Å². The zero-order valence-electron chi connectivity index (χ0n) is 5.16. The van der Waals surface area contributed by atoms with Gasteiger partial charge in [0.05, 0.1) is 11.8 Å². The van der Waals surface area contributed by atoms with E-state index in [0.29, 0.717) is 0 Å². The van der Waals surface area contributed by atoms with E-state index in [4.69, 9.17) is 0 Å². The average molecular weight is 147 g/mol. The van der Waals surface area contributed by atoms with Crippen LogP contribution < -0.4 is 5.32 Å². The lowest BCUT2D eigenvalue weighted by Crippen LogP contribution is -2.11. The van der Waals surface area contributed by atoms with Gasteiger partial charge >= 0.3 is 6.18 Å². The highest BCUT2D eigenvalue weighted by molar-refractivity contribution is 5.34. The molecule has 1 nitrogen and oxygen atoms in total. The van der Waals surface area contributed by atoms with E-state index in [0.717, 1.165) is 6.20 Å². The fourth-order valence-electron chi connectivity index (χ4n) is 0.636. The molecule has 0 aromatic rings. The molecular formula is C6H4F3N. The van der Waals surface area contributed by atoms with Crippen molar-refractivity contribution in [2.45, 2.75) is 13.1 Å². The Morgan fingerprint density at radius 1 is 1.50 bits per heavy atom. The highest BCUT2D eigenvalue weighted by atomic mass is 19.4. The van der Waals surface area contributed by atoms with Gasteiger partial charge in [-0.25, -0.2) is 0 Å². The van der Waals surface area contributed by atoms with Gasteiger partial charge in [0.2, 0.25) is 0 Å². The second kappa shape index (κ2) is 2.04. The van der Waals surface area contributed by atoms with E-state index in [1.165, 1.54) is 6.92 Å². The number of alkyl halides is 3. The second-order valence-electron chi connectivity index (χ2n) is 1.91. The van der Waals surface area contributed by atoms with Crippen molar-refractivity contribution in [2.24, 2.45) is 0 Å². The first-order chi connectivity index (χ1) is 4.52. The number of allylic oxidation sites excluding steroid dienone is 2. The standard InChI is InChI=1S/C6H4F3N/c1-4-2-10-3-5(4)6(7,8)9/h3H,1H3. The fraction of sp³-hybridized carbons (Fsp3) is 0.333. The molecule has 0 N–H and O–H groups in total. The van der Waals surface area contributed by atoms with Crippen LogP contribution in [0.3, 0.4) is 0 Å². The average Bonchev–Trinajstić information content (AvgIpc) is 2.11. The summed E-state index contributed by atoms with van der Waals surface area (Å²) in [5.74, 6) is 0. The molecule has 1 aliphatic heterocycles. The molecule has 0 aromatic carbocycles. The summed E-state index contributed by atoms with van der Waals surface area (Å²) in [6, 6.07) is 0. The summed E-state index contributed by atoms with van der Waals surface area (Å²) in [4.78, 5) is 0. The summed E-state index contributed by atoms with van der Waals surface area (Å²) in [6.45, 7) is 1.33. The highest BCUT2D eigenvalue weighted by Gasteiger charge is 2.36. The lowest BCUT2D eigenvalue weighted by Gasteiger charge is -2.05. The number of hydrogen-bond donors (Lipinski definition) is 0. The van der Waals surface area contributed by atoms with Gasteiger partial charge in [-0.3, -0.25) is 5.32 Å². The molecule has 0 saturated carbocycles. The molecule has 1 heterocycles. The van der Waals surface area contributed by atoms with Crippen LogP contribution in [0.4, 0.5) is 13.2 Å². The molecular weight excluding hydrogens is 143 g/mol. The zero-order valence-corrected chi connectivity index (χ0v) is 5.16. The van der Waals surface area contributed by atoms with E-state index >= 15 is 0 Å². The first-order valence-corrected chi connectivity index (χ1v) is 2.59. The Morgan fingerprint density at radius 2 is 2.10 bits per heavy atom. The molecule has 0 bridgehead atoms. The number of rotatable bonds is 0. The molecule has 4 heteroatoms. The van der Waals surface area contributed by atoms with Crippen molar-refractivity contribution in [3.05, 3.63) is 23.5 Å². The number of nitrogens with zero attached hydrogens (tertiary/aromatic N) is 1. The SMILES string of the molecule is CC1=[C][N]C=C1C(F)(F)F. The Kier molecular flexibility index (Phi) is 1.46. The summed E-state index contributed by atoms with van der Waals surface area (Å²) in [5, 5.41) is 3.24. The van der Waals surface area contributed by atoms with Gasteiger partial charge in [-0.2, -0.15) is 13.2 Å². The molecule has 0 unspecified atom stereocenters. The minimum absolute atomic E-state index is 0.0486. The fourth-order valence-corrected chi connectivity index (χ4v) is 0.636. The van der Waals surface area contributed by atoms with Crippen LogP contribution in [0.25, 0.3) is 0 Å². The van der Waals surface area contributed by atoms with Crippen molar-refractivity contribution < 1.29 is 13.2 Å². The summed E-state index contributed by atoms with van der Waals surface area (Å²) in [6.07, 6.45) is -1.30. The van der Waals surface area contributed by atoms with Crippen LogP contribution in [0, 0.1) is 6.20 Å². The van der Waals surface area contributed by atoms with E-state index in [1.807, 2.05) is 0 Å². The topological polar surface area (TPSA) is 14.1 Å². The van der Waals surface area contributed by atoms with Crippen molar-refractivity contribution in [3.63, 3.8) is 0 Å². The Bertz CT molecular complexity index is 200. The zero-order chi connectivity index (χ0) is 7.78. The van der Waals surface area contributed by atoms with Gasteiger partial charge in [-0.05, 0) is 12.5 Å².